The van der Waals surface area contributed by atoms with Crippen LogP contribution >= 0.6 is 0 Å². The minimum Gasteiger partial charge on any atom is -0.350 e. The smallest absolute Gasteiger partial charge is 0.253 e. The fraction of sp³-hybridized carbons (Fsp3) is 0.500. The number of hydrogen-bond donors (Lipinski definition) is 1. The highest BCUT2D eigenvalue weighted by Gasteiger charge is 2.12. The summed E-state index contributed by atoms with van der Waals surface area (Å²) in [6.45, 7) is 6.68. The third-order valence-corrected chi connectivity index (χ3v) is 3.01. The quantitative estimate of drug-likeness (QED) is 0.868. The van der Waals surface area contributed by atoms with Gasteiger partial charge < -0.3 is 10.2 Å². The third-order valence-electron chi connectivity index (χ3n) is 3.01. The molecule has 0 spiro atoms. The van der Waals surface area contributed by atoms with Crippen LogP contribution in [-0.2, 0) is 0 Å². The molecule has 1 aromatic carbocycles. The maximum Gasteiger partial charge on any atom is 0.253 e. The van der Waals surface area contributed by atoms with Gasteiger partial charge in [-0.25, -0.2) is 0 Å². The van der Waals surface area contributed by atoms with E-state index in [4.69, 9.17) is 0 Å². The molecule has 0 heterocycles. The molecule has 110 valence electrons. The number of benzene rings is 1. The van der Waals surface area contributed by atoms with E-state index in [-0.39, 0.29) is 17.9 Å². The van der Waals surface area contributed by atoms with Crippen molar-refractivity contribution in [1.82, 2.24) is 10.2 Å². The molecule has 0 fully saturated rings. The zero-order chi connectivity index (χ0) is 15.1. The van der Waals surface area contributed by atoms with Crippen molar-refractivity contribution in [1.29, 1.82) is 0 Å². The Morgan fingerprint density at radius 3 is 2.20 bits per heavy atom. The largest absolute Gasteiger partial charge is 0.350 e. The lowest BCUT2D eigenvalue weighted by molar-refractivity contribution is 0.0792. The Hall–Kier alpha value is -1.84. The van der Waals surface area contributed by atoms with Gasteiger partial charge in [-0.05, 0) is 44.5 Å². The molecule has 0 radical (unpaired) electrons. The average molecular weight is 276 g/mol. The minimum atomic E-state index is -0.113. The molecule has 0 saturated heterocycles. The first-order valence-electron chi connectivity index (χ1n) is 7.12. The van der Waals surface area contributed by atoms with Crippen LogP contribution in [0.5, 0.6) is 0 Å². The molecule has 0 aliphatic heterocycles. The van der Waals surface area contributed by atoms with Crippen LogP contribution in [-0.4, -0.2) is 36.3 Å². The van der Waals surface area contributed by atoms with Crippen LogP contribution in [0.3, 0.4) is 0 Å². The third kappa shape index (κ3) is 4.68. The van der Waals surface area contributed by atoms with Crippen LogP contribution in [0.25, 0.3) is 0 Å². The van der Waals surface area contributed by atoms with Gasteiger partial charge in [-0.2, -0.15) is 0 Å². The van der Waals surface area contributed by atoms with E-state index in [9.17, 15) is 9.59 Å². The Morgan fingerprint density at radius 1 is 1.15 bits per heavy atom. The Labute approximate surface area is 121 Å². The number of amides is 2. The lowest BCUT2D eigenvalue weighted by atomic mass is 10.1. The summed E-state index contributed by atoms with van der Waals surface area (Å²) < 4.78 is 0. The van der Waals surface area contributed by atoms with Gasteiger partial charge >= 0.3 is 0 Å². The van der Waals surface area contributed by atoms with Gasteiger partial charge in [-0.3, -0.25) is 9.59 Å². The fourth-order valence-corrected chi connectivity index (χ4v) is 1.83. The second-order valence-electron chi connectivity index (χ2n) is 5.29. The van der Waals surface area contributed by atoms with E-state index in [2.05, 4.69) is 12.2 Å². The minimum absolute atomic E-state index is 0.00531. The summed E-state index contributed by atoms with van der Waals surface area (Å²) in [5.74, 6) is -0.118. The maximum atomic E-state index is 12.1. The molecule has 0 bridgehead atoms. The number of nitrogens with one attached hydrogen (secondary N) is 1. The molecule has 2 amide bonds. The van der Waals surface area contributed by atoms with Crippen molar-refractivity contribution in [2.75, 3.05) is 13.6 Å². The van der Waals surface area contributed by atoms with Crippen LogP contribution in [0.15, 0.2) is 24.3 Å². The molecule has 4 nitrogen and oxygen atoms in total. The van der Waals surface area contributed by atoms with Crippen LogP contribution in [0.4, 0.5) is 0 Å². The number of nitrogens with zero attached hydrogens (tertiary/aromatic N) is 1. The topological polar surface area (TPSA) is 49.4 Å². The van der Waals surface area contributed by atoms with Crippen molar-refractivity contribution in [3.8, 4) is 0 Å². The summed E-state index contributed by atoms with van der Waals surface area (Å²) in [5.41, 5.74) is 1.19. The van der Waals surface area contributed by atoms with Crippen LogP contribution in [0, 0.1) is 0 Å². The molecular formula is C16H24N2O2. The van der Waals surface area contributed by atoms with E-state index in [1.165, 1.54) is 0 Å². The van der Waals surface area contributed by atoms with Gasteiger partial charge in [-0.15, -0.1) is 0 Å². The number of hydrogen-bond acceptors (Lipinski definition) is 2. The molecule has 0 aliphatic rings. The number of carbonyl (C=O) groups is 2. The second-order valence-corrected chi connectivity index (χ2v) is 5.29. The molecule has 1 aromatic rings. The fourth-order valence-electron chi connectivity index (χ4n) is 1.83. The molecule has 0 saturated carbocycles. The van der Waals surface area contributed by atoms with E-state index in [0.717, 1.165) is 19.4 Å². The molecule has 0 atom stereocenters. The molecule has 0 aliphatic carbocycles. The summed E-state index contributed by atoms with van der Waals surface area (Å²) >= 11 is 0. The first-order valence-corrected chi connectivity index (χ1v) is 7.12. The van der Waals surface area contributed by atoms with Gasteiger partial charge in [0.25, 0.3) is 11.8 Å². The molecule has 20 heavy (non-hydrogen) atoms. The van der Waals surface area contributed by atoms with E-state index in [1.807, 2.05) is 13.8 Å². The highest BCUT2D eigenvalue weighted by atomic mass is 16.2. The van der Waals surface area contributed by atoms with Crippen molar-refractivity contribution < 1.29 is 9.59 Å². The van der Waals surface area contributed by atoms with Gasteiger partial charge in [0.1, 0.15) is 0 Å². The highest BCUT2D eigenvalue weighted by Crippen LogP contribution is 2.08. The zero-order valence-electron chi connectivity index (χ0n) is 12.8. The van der Waals surface area contributed by atoms with Crippen LogP contribution < -0.4 is 5.32 Å². The second kappa shape index (κ2) is 7.68. The first kappa shape index (κ1) is 16.2. The van der Waals surface area contributed by atoms with Crippen molar-refractivity contribution in [2.24, 2.45) is 0 Å². The van der Waals surface area contributed by atoms with Crippen molar-refractivity contribution in [3.63, 3.8) is 0 Å². The Kier molecular flexibility index (Phi) is 6.22. The summed E-state index contributed by atoms with van der Waals surface area (Å²) in [6.07, 6.45) is 2.06. The Balaban J connectivity index is 2.70. The average Bonchev–Trinajstić information content (AvgIpc) is 2.43. The zero-order valence-corrected chi connectivity index (χ0v) is 12.8. The van der Waals surface area contributed by atoms with Crippen molar-refractivity contribution in [2.45, 2.75) is 39.7 Å². The summed E-state index contributed by atoms with van der Waals surface area (Å²) in [4.78, 5) is 25.7. The summed E-state index contributed by atoms with van der Waals surface area (Å²) in [5, 5.41) is 2.82. The SMILES string of the molecule is CCCCN(C)C(=O)c1ccc(C(=O)NC(C)C)cc1. The van der Waals surface area contributed by atoms with Gasteiger partial charge in [0, 0.05) is 30.8 Å². The molecule has 0 unspecified atom stereocenters. The lowest BCUT2D eigenvalue weighted by Gasteiger charge is -2.17. The monoisotopic (exact) mass is 276 g/mol. The summed E-state index contributed by atoms with van der Waals surface area (Å²) in [6, 6.07) is 6.90. The molecule has 1 rings (SSSR count). The normalized spacial score (nSPS) is 10.4. The van der Waals surface area contributed by atoms with E-state index in [0.29, 0.717) is 11.1 Å². The standard InChI is InChI=1S/C16H24N2O2/c1-5-6-11-18(4)16(20)14-9-7-13(8-10-14)15(19)17-12(2)3/h7-10,12H,5-6,11H2,1-4H3,(H,17,19). The van der Waals surface area contributed by atoms with Crippen molar-refractivity contribution >= 4 is 11.8 Å². The number of unbranched alkanes of at least 4 members (excludes halogenated alkanes) is 1. The van der Waals surface area contributed by atoms with E-state index < -0.39 is 0 Å². The highest BCUT2D eigenvalue weighted by molar-refractivity contribution is 5.97. The van der Waals surface area contributed by atoms with Gasteiger partial charge in [0.15, 0.2) is 0 Å². The van der Waals surface area contributed by atoms with Crippen LogP contribution in [0.1, 0.15) is 54.3 Å². The number of carbonyl (C=O) groups excluding carboxylic acids is 2. The van der Waals surface area contributed by atoms with Crippen LogP contribution in [0.2, 0.25) is 0 Å². The predicted octanol–water partition coefficient (Wildman–Crippen LogP) is 2.70. The molecular weight excluding hydrogens is 252 g/mol. The predicted molar refractivity (Wildman–Crippen MR) is 80.9 cm³/mol. The Bertz CT molecular complexity index is 452. The van der Waals surface area contributed by atoms with Gasteiger partial charge in [-0.1, -0.05) is 13.3 Å². The Morgan fingerprint density at radius 2 is 1.70 bits per heavy atom. The van der Waals surface area contributed by atoms with E-state index in [1.54, 1.807) is 36.2 Å². The lowest BCUT2D eigenvalue weighted by Crippen LogP contribution is -2.30. The van der Waals surface area contributed by atoms with Gasteiger partial charge in [0.05, 0.1) is 0 Å². The van der Waals surface area contributed by atoms with Crippen molar-refractivity contribution in [3.05, 3.63) is 35.4 Å². The van der Waals surface area contributed by atoms with E-state index >= 15 is 0 Å². The maximum absolute atomic E-state index is 12.1. The molecule has 1 N–H and O–H groups in total. The first-order chi connectivity index (χ1) is 9.45. The summed E-state index contributed by atoms with van der Waals surface area (Å²) in [7, 11) is 1.80. The molecule has 4 heteroatoms. The molecule has 0 aromatic heterocycles. The number of rotatable bonds is 6. The van der Waals surface area contributed by atoms with Gasteiger partial charge in [0.2, 0.25) is 0 Å².